The van der Waals surface area contributed by atoms with Crippen molar-refractivity contribution >= 4 is 11.6 Å². The maximum Gasteiger partial charge on any atom is 0.157 e. The van der Waals surface area contributed by atoms with Gasteiger partial charge in [-0.2, -0.15) is 10.2 Å². The molecule has 3 heterocycles. The van der Waals surface area contributed by atoms with Gasteiger partial charge in [-0.15, -0.1) is 0 Å². The van der Waals surface area contributed by atoms with Crippen molar-refractivity contribution in [1.29, 1.82) is 0 Å². The van der Waals surface area contributed by atoms with Crippen molar-refractivity contribution in [3.8, 4) is 17.1 Å². The third-order valence-corrected chi connectivity index (χ3v) is 6.76. The van der Waals surface area contributed by atoms with Crippen molar-refractivity contribution in [2.24, 2.45) is 5.92 Å². The molecule has 1 aliphatic carbocycles. The summed E-state index contributed by atoms with van der Waals surface area (Å²) in [6.07, 6.45) is 5.44. The van der Waals surface area contributed by atoms with Crippen LogP contribution in [0.4, 0.5) is 4.39 Å². The highest BCUT2D eigenvalue weighted by Crippen LogP contribution is 2.35. The van der Waals surface area contributed by atoms with Crippen molar-refractivity contribution in [3.63, 3.8) is 0 Å². The highest BCUT2D eigenvalue weighted by molar-refractivity contribution is 6.31. The molecule has 1 aromatic carbocycles. The molecule has 1 saturated carbocycles. The summed E-state index contributed by atoms with van der Waals surface area (Å²) in [4.78, 5) is 8.91. The molecular formula is C25H26ClFN6. The fourth-order valence-corrected chi connectivity index (χ4v) is 4.40. The molecular weight excluding hydrogens is 439 g/mol. The molecule has 1 fully saturated rings. The van der Waals surface area contributed by atoms with E-state index in [2.05, 4.69) is 26.7 Å². The van der Waals surface area contributed by atoms with Gasteiger partial charge in [-0.05, 0) is 63.3 Å². The largest absolute Gasteiger partial charge is 0.264 e. The second kappa shape index (κ2) is 8.71. The summed E-state index contributed by atoms with van der Waals surface area (Å²) in [5.41, 5.74) is 6.73. The number of halogens is 2. The van der Waals surface area contributed by atoms with Gasteiger partial charge in [0.25, 0.3) is 0 Å². The number of rotatable bonds is 7. The van der Waals surface area contributed by atoms with Crippen LogP contribution in [-0.2, 0) is 19.4 Å². The molecule has 5 rings (SSSR count). The first-order valence-corrected chi connectivity index (χ1v) is 11.7. The van der Waals surface area contributed by atoms with Crippen molar-refractivity contribution in [2.45, 2.75) is 53.0 Å². The third-order valence-electron chi connectivity index (χ3n) is 6.21. The lowest BCUT2D eigenvalue weighted by Crippen LogP contribution is -2.06. The Hall–Kier alpha value is -3.06. The maximum absolute atomic E-state index is 13.6. The molecule has 33 heavy (non-hydrogen) atoms. The second-order valence-electron chi connectivity index (χ2n) is 8.70. The Morgan fingerprint density at radius 3 is 2.48 bits per heavy atom. The van der Waals surface area contributed by atoms with E-state index in [1.54, 1.807) is 11.0 Å². The predicted octanol–water partition coefficient (Wildman–Crippen LogP) is 5.50. The highest BCUT2D eigenvalue weighted by Gasteiger charge is 2.26. The van der Waals surface area contributed by atoms with Crippen LogP contribution in [0, 0.1) is 25.6 Å². The standard InChI is InChI=1S/C25H26ClFN6/c1-4-21-22(11-20-12-23(29-14-28-20)33-16(3)24(26)15(2)30-33)31-32(13-17-5-6-17)25(21)18-7-9-19(27)10-8-18/h7-10,12,14,17H,4-6,11,13H2,1-3H3. The quantitative estimate of drug-likeness (QED) is 0.362. The van der Waals surface area contributed by atoms with E-state index in [-0.39, 0.29) is 5.82 Å². The van der Waals surface area contributed by atoms with Crippen LogP contribution in [-0.4, -0.2) is 29.5 Å². The van der Waals surface area contributed by atoms with E-state index in [1.165, 1.54) is 30.5 Å². The molecule has 0 bridgehead atoms. The molecule has 0 spiro atoms. The topological polar surface area (TPSA) is 61.4 Å². The Bertz CT molecular complexity index is 1300. The lowest BCUT2D eigenvalue weighted by atomic mass is 10.0. The van der Waals surface area contributed by atoms with Gasteiger partial charge < -0.3 is 0 Å². The number of aryl methyl sites for hydroxylation is 1. The second-order valence-corrected chi connectivity index (χ2v) is 9.08. The lowest BCUT2D eigenvalue weighted by molar-refractivity contribution is 0.563. The minimum atomic E-state index is -0.233. The van der Waals surface area contributed by atoms with E-state index in [0.29, 0.717) is 23.2 Å². The van der Waals surface area contributed by atoms with Crippen molar-refractivity contribution in [2.75, 3.05) is 0 Å². The molecule has 0 aliphatic heterocycles. The van der Waals surface area contributed by atoms with E-state index in [9.17, 15) is 4.39 Å². The van der Waals surface area contributed by atoms with Gasteiger partial charge in [0.2, 0.25) is 0 Å². The van der Waals surface area contributed by atoms with E-state index < -0.39 is 0 Å². The average Bonchev–Trinajstić information content (AvgIpc) is 3.51. The third kappa shape index (κ3) is 4.29. The summed E-state index contributed by atoms with van der Waals surface area (Å²) < 4.78 is 17.4. The van der Waals surface area contributed by atoms with E-state index in [0.717, 1.165) is 47.0 Å². The van der Waals surface area contributed by atoms with Crippen LogP contribution in [0.3, 0.4) is 0 Å². The molecule has 3 aromatic heterocycles. The minimum absolute atomic E-state index is 0.233. The highest BCUT2D eigenvalue weighted by atomic mass is 35.5. The van der Waals surface area contributed by atoms with Crippen LogP contribution < -0.4 is 0 Å². The zero-order chi connectivity index (χ0) is 23.1. The fraction of sp³-hybridized carbons (Fsp3) is 0.360. The molecule has 8 heteroatoms. The Morgan fingerprint density at radius 1 is 1.09 bits per heavy atom. The molecule has 0 unspecified atom stereocenters. The van der Waals surface area contributed by atoms with Gasteiger partial charge in [-0.3, -0.25) is 4.68 Å². The van der Waals surface area contributed by atoms with Gasteiger partial charge in [0.05, 0.1) is 33.5 Å². The summed E-state index contributed by atoms with van der Waals surface area (Å²) in [6.45, 7) is 6.83. The maximum atomic E-state index is 13.6. The van der Waals surface area contributed by atoms with Crippen molar-refractivity contribution in [3.05, 3.63) is 75.8 Å². The van der Waals surface area contributed by atoms with E-state index >= 15 is 0 Å². The van der Waals surface area contributed by atoms with Crippen LogP contribution in [0.15, 0.2) is 36.7 Å². The summed E-state index contributed by atoms with van der Waals surface area (Å²) in [7, 11) is 0. The molecule has 6 nitrogen and oxygen atoms in total. The van der Waals surface area contributed by atoms with Crippen LogP contribution >= 0.6 is 11.6 Å². The fourth-order valence-electron chi connectivity index (χ4n) is 4.29. The summed E-state index contributed by atoms with van der Waals surface area (Å²) in [5, 5.41) is 10.2. The average molecular weight is 465 g/mol. The first-order valence-electron chi connectivity index (χ1n) is 11.3. The smallest absolute Gasteiger partial charge is 0.157 e. The first kappa shape index (κ1) is 21.8. The lowest BCUT2D eigenvalue weighted by Gasteiger charge is -2.09. The molecule has 0 amide bonds. The van der Waals surface area contributed by atoms with Gasteiger partial charge in [0, 0.05) is 30.2 Å². The normalized spacial score (nSPS) is 13.6. The summed E-state index contributed by atoms with van der Waals surface area (Å²) in [5.74, 6) is 1.12. The van der Waals surface area contributed by atoms with Gasteiger partial charge in [-0.25, -0.2) is 19.0 Å². The summed E-state index contributed by atoms with van der Waals surface area (Å²) in [6, 6.07) is 8.65. The monoisotopic (exact) mass is 464 g/mol. The Balaban J connectivity index is 1.53. The Kier molecular flexibility index (Phi) is 5.74. The Morgan fingerprint density at radius 2 is 1.85 bits per heavy atom. The van der Waals surface area contributed by atoms with Gasteiger partial charge >= 0.3 is 0 Å². The van der Waals surface area contributed by atoms with Gasteiger partial charge in [0.15, 0.2) is 5.82 Å². The van der Waals surface area contributed by atoms with Gasteiger partial charge in [0.1, 0.15) is 12.1 Å². The Labute approximate surface area is 197 Å². The number of aromatic nitrogens is 6. The molecule has 0 radical (unpaired) electrons. The minimum Gasteiger partial charge on any atom is -0.264 e. The summed E-state index contributed by atoms with van der Waals surface area (Å²) >= 11 is 6.33. The molecule has 0 saturated heterocycles. The number of benzene rings is 1. The molecule has 4 aromatic rings. The first-order chi connectivity index (χ1) is 15.9. The van der Waals surface area contributed by atoms with E-state index in [1.807, 2.05) is 32.0 Å². The van der Waals surface area contributed by atoms with Crippen molar-refractivity contribution < 1.29 is 4.39 Å². The number of nitrogens with zero attached hydrogens (tertiary/aromatic N) is 6. The predicted molar refractivity (Wildman–Crippen MR) is 126 cm³/mol. The zero-order valence-corrected chi connectivity index (χ0v) is 19.8. The molecule has 0 N–H and O–H groups in total. The number of hydrogen-bond donors (Lipinski definition) is 0. The van der Waals surface area contributed by atoms with Crippen LogP contribution in [0.5, 0.6) is 0 Å². The molecule has 0 atom stereocenters. The molecule has 1 aliphatic rings. The van der Waals surface area contributed by atoms with Gasteiger partial charge in [-0.1, -0.05) is 18.5 Å². The van der Waals surface area contributed by atoms with Crippen LogP contribution in [0.1, 0.15) is 48.1 Å². The molecule has 170 valence electrons. The SMILES string of the molecule is CCc1c(Cc2cc(-n3nc(C)c(Cl)c3C)ncn2)nn(CC2CC2)c1-c1ccc(F)cc1. The van der Waals surface area contributed by atoms with E-state index in [4.69, 9.17) is 16.7 Å². The van der Waals surface area contributed by atoms with Crippen LogP contribution in [0.2, 0.25) is 5.02 Å². The van der Waals surface area contributed by atoms with Crippen molar-refractivity contribution in [1.82, 2.24) is 29.5 Å². The van der Waals surface area contributed by atoms with Crippen LogP contribution in [0.25, 0.3) is 17.1 Å². The number of hydrogen-bond acceptors (Lipinski definition) is 4. The zero-order valence-electron chi connectivity index (χ0n) is 19.0.